The fraction of sp³-hybridized carbons (Fsp3) is 0.278. The number of methoxy groups -OCH3 is 1. The van der Waals surface area contributed by atoms with Gasteiger partial charge in [0.05, 0.1) is 17.7 Å². The number of nitrogens with zero attached hydrogens (tertiary/aromatic N) is 1. The van der Waals surface area contributed by atoms with Crippen LogP contribution in [0.4, 0.5) is 14.5 Å². The molecule has 0 fully saturated rings. The molecule has 0 radical (unpaired) electrons. The summed E-state index contributed by atoms with van der Waals surface area (Å²) in [6.45, 7) is -1.58. The van der Waals surface area contributed by atoms with E-state index < -0.39 is 16.6 Å². The summed E-state index contributed by atoms with van der Waals surface area (Å²) in [6.07, 6.45) is 0. The van der Waals surface area contributed by atoms with Gasteiger partial charge in [-0.3, -0.25) is 4.79 Å². The Kier molecular flexibility index (Phi) is 6.92. The highest BCUT2D eigenvalue weighted by molar-refractivity contribution is 7.89. The number of ether oxygens (including phenoxy) is 2. The van der Waals surface area contributed by atoms with Crippen LogP contribution in [0.5, 0.6) is 11.5 Å². The minimum atomic E-state index is -3.85. The molecule has 1 N–H and O–H groups in total. The Morgan fingerprint density at radius 3 is 2.36 bits per heavy atom. The van der Waals surface area contributed by atoms with Gasteiger partial charge in [-0.1, -0.05) is 12.1 Å². The lowest BCUT2D eigenvalue weighted by Gasteiger charge is -2.19. The average molecular weight is 414 g/mol. The summed E-state index contributed by atoms with van der Waals surface area (Å²) in [7, 11) is -1.09. The topological polar surface area (TPSA) is 84.9 Å². The standard InChI is InChI=1S/C18H20F2N2O5S/c1-12(23)21-16-9-8-15(10-17(16)26-3)28(24,25)22(2)11-13-4-6-14(7-5-13)27-18(19)20/h4-10,18H,11H2,1-3H3,(H,21,23). The van der Waals surface area contributed by atoms with Crippen LogP contribution < -0.4 is 14.8 Å². The predicted octanol–water partition coefficient (Wildman–Crippen LogP) is 3.08. The van der Waals surface area contributed by atoms with E-state index in [9.17, 15) is 22.0 Å². The Labute approximate surface area is 161 Å². The minimum absolute atomic E-state index is 0.0115. The number of alkyl halides is 2. The maximum Gasteiger partial charge on any atom is 0.387 e. The van der Waals surface area contributed by atoms with Crippen LogP contribution in [0.3, 0.4) is 0 Å². The van der Waals surface area contributed by atoms with Gasteiger partial charge in [0, 0.05) is 26.6 Å². The van der Waals surface area contributed by atoms with Crippen molar-refractivity contribution in [2.75, 3.05) is 19.5 Å². The maximum atomic E-state index is 12.8. The minimum Gasteiger partial charge on any atom is -0.495 e. The van der Waals surface area contributed by atoms with Crippen LogP contribution in [0, 0.1) is 0 Å². The molecule has 2 rings (SSSR count). The van der Waals surface area contributed by atoms with E-state index in [0.717, 1.165) is 4.31 Å². The molecule has 0 aromatic heterocycles. The van der Waals surface area contributed by atoms with Crippen molar-refractivity contribution in [3.63, 3.8) is 0 Å². The summed E-state index contributed by atoms with van der Waals surface area (Å²) < 4.78 is 60.5. The summed E-state index contributed by atoms with van der Waals surface area (Å²) in [5, 5.41) is 2.55. The van der Waals surface area contributed by atoms with Gasteiger partial charge >= 0.3 is 6.61 Å². The highest BCUT2D eigenvalue weighted by Gasteiger charge is 2.22. The zero-order valence-corrected chi connectivity index (χ0v) is 16.3. The molecule has 0 heterocycles. The van der Waals surface area contributed by atoms with E-state index in [2.05, 4.69) is 10.1 Å². The first-order chi connectivity index (χ1) is 13.1. The van der Waals surface area contributed by atoms with Gasteiger partial charge in [-0.25, -0.2) is 8.42 Å². The van der Waals surface area contributed by atoms with Crippen LogP contribution in [-0.4, -0.2) is 39.4 Å². The Balaban J connectivity index is 2.20. The quantitative estimate of drug-likeness (QED) is 0.718. The van der Waals surface area contributed by atoms with Crippen LogP contribution in [0.1, 0.15) is 12.5 Å². The molecule has 0 bridgehead atoms. The van der Waals surface area contributed by atoms with Crippen LogP contribution >= 0.6 is 0 Å². The Bertz CT molecular complexity index is 933. The second kappa shape index (κ2) is 8.98. The molecule has 28 heavy (non-hydrogen) atoms. The molecule has 2 aromatic carbocycles. The summed E-state index contributed by atoms with van der Waals surface area (Å²) in [6, 6.07) is 9.81. The van der Waals surface area contributed by atoms with Gasteiger partial charge in [-0.15, -0.1) is 0 Å². The lowest BCUT2D eigenvalue weighted by Crippen LogP contribution is -2.26. The molecule has 0 aliphatic carbocycles. The summed E-state index contributed by atoms with van der Waals surface area (Å²) >= 11 is 0. The maximum absolute atomic E-state index is 12.8. The highest BCUT2D eigenvalue weighted by atomic mass is 32.2. The first-order valence-corrected chi connectivity index (χ1v) is 9.53. The molecule has 0 saturated carbocycles. The largest absolute Gasteiger partial charge is 0.495 e. The zero-order chi connectivity index (χ0) is 20.9. The SMILES string of the molecule is COc1cc(S(=O)(=O)N(C)Cc2ccc(OC(F)F)cc2)ccc1NC(C)=O. The molecule has 0 atom stereocenters. The van der Waals surface area contributed by atoms with E-state index in [1.807, 2.05) is 0 Å². The molecule has 0 aliphatic rings. The molecule has 0 unspecified atom stereocenters. The number of hydrogen-bond acceptors (Lipinski definition) is 5. The number of amides is 1. The molecule has 2 aromatic rings. The first kappa shape index (κ1) is 21.6. The number of halogens is 2. The van der Waals surface area contributed by atoms with Crippen LogP contribution in [0.25, 0.3) is 0 Å². The number of carbonyl (C=O) groups is 1. The van der Waals surface area contributed by atoms with E-state index in [4.69, 9.17) is 4.74 Å². The number of anilines is 1. The monoisotopic (exact) mass is 414 g/mol. The van der Waals surface area contributed by atoms with Crippen molar-refractivity contribution in [2.24, 2.45) is 0 Å². The number of sulfonamides is 1. The summed E-state index contributed by atoms with van der Waals surface area (Å²) in [5.74, 6) is -0.119. The Morgan fingerprint density at radius 2 is 1.82 bits per heavy atom. The second-order valence-electron chi connectivity index (χ2n) is 5.83. The van der Waals surface area contributed by atoms with E-state index >= 15 is 0 Å². The summed E-state index contributed by atoms with van der Waals surface area (Å²) in [4.78, 5) is 11.2. The predicted molar refractivity (Wildman–Crippen MR) is 99.0 cm³/mol. The van der Waals surface area contributed by atoms with Crippen molar-refractivity contribution in [1.82, 2.24) is 4.31 Å². The number of hydrogen-bond donors (Lipinski definition) is 1. The molecule has 0 saturated heterocycles. The number of rotatable bonds is 8. The third-order valence-corrected chi connectivity index (χ3v) is 5.55. The number of nitrogens with one attached hydrogen (secondary N) is 1. The Hall–Kier alpha value is -2.72. The van der Waals surface area contributed by atoms with Gasteiger partial charge < -0.3 is 14.8 Å². The third kappa shape index (κ3) is 5.40. The molecular weight excluding hydrogens is 394 g/mol. The zero-order valence-electron chi connectivity index (χ0n) is 15.5. The van der Waals surface area contributed by atoms with Gasteiger partial charge in [0.1, 0.15) is 11.5 Å². The molecule has 7 nitrogen and oxygen atoms in total. The lowest BCUT2D eigenvalue weighted by atomic mass is 10.2. The number of benzene rings is 2. The second-order valence-corrected chi connectivity index (χ2v) is 7.87. The Morgan fingerprint density at radius 1 is 1.18 bits per heavy atom. The van der Waals surface area contributed by atoms with Crippen molar-refractivity contribution in [3.8, 4) is 11.5 Å². The van der Waals surface area contributed by atoms with Gasteiger partial charge in [0.25, 0.3) is 0 Å². The van der Waals surface area contributed by atoms with Crippen molar-refractivity contribution in [2.45, 2.75) is 25.0 Å². The molecule has 0 aliphatic heterocycles. The van der Waals surface area contributed by atoms with Gasteiger partial charge in [0.15, 0.2) is 0 Å². The van der Waals surface area contributed by atoms with Gasteiger partial charge in [-0.05, 0) is 29.8 Å². The van der Waals surface area contributed by atoms with Gasteiger partial charge in [-0.2, -0.15) is 13.1 Å². The van der Waals surface area contributed by atoms with E-state index in [1.165, 1.54) is 63.5 Å². The van der Waals surface area contributed by atoms with Crippen LogP contribution in [-0.2, 0) is 21.4 Å². The van der Waals surface area contributed by atoms with E-state index in [1.54, 1.807) is 0 Å². The van der Waals surface area contributed by atoms with Crippen molar-refractivity contribution < 1.29 is 31.5 Å². The summed E-state index contributed by atoms with van der Waals surface area (Å²) in [5.41, 5.74) is 0.945. The smallest absolute Gasteiger partial charge is 0.387 e. The fourth-order valence-electron chi connectivity index (χ4n) is 2.42. The van der Waals surface area contributed by atoms with Crippen LogP contribution in [0.2, 0.25) is 0 Å². The van der Waals surface area contributed by atoms with E-state index in [-0.39, 0.29) is 28.8 Å². The van der Waals surface area contributed by atoms with Gasteiger partial charge in [0.2, 0.25) is 15.9 Å². The molecule has 1 amide bonds. The van der Waals surface area contributed by atoms with Crippen molar-refractivity contribution in [1.29, 1.82) is 0 Å². The third-order valence-electron chi connectivity index (χ3n) is 3.75. The van der Waals surface area contributed by atoms with Crippen LogP contribution in [0.15, 0.2) is 47.4 Å². The number of carbonyl (C=O) groups excluding carboxylic acids is 1. The fourth-order valence-corrected chi connectivity index (χ4v) is 3.60. The van der Waals surface area contributed by atoms with E-state index in [0.29, 0.717) is 11.3 Å². The molecular formula is C18H20F2N2O5S. The molecule has 10 heteroatoms. The average Bonchev–Trinajstić information content (AvgIpc) is 2.62. The normalized spacial score (nSPS) is 11.5. The highest BCUT2D eigenvalue weighted by Crippen LogP contribution is 2.29. The van der Waals surface area contributed by atoms with Crippen molar-refractivity contribution >= 4 is 21.6 Å². The van der Waals surface area contributed by atoms with Crippen molar-refractivity contribution in [3.05, 3.63) is 48.0 Å². The lowest BCUT2D eigenvalue weighted by molar-refractivity contribution is -0.114. The first-order valence-electron chi connectivity index (χ1n) is 8.09. The molecule has 0 spiro atoms. The molecule has 152 valence electrons.